The molecule has 1 aliphatic heterocycles. The molecule has 5 heteroatoms. The van der Waals surface area contributed by atoms with E-state index in [0.717, 1.165) is 43.4 Å². The summed E-state index contributed by atoms with van der Waals surface area (Å²) < 4.78 is 10.6. The van der Waals surface area contributed by atoms with Crippen LogP contribution in [0.4, 0.5) is 0 Å². The summed E-state index contributed by atoms with van der Waals surface area (Å²) in [4.78, 5) is 6.87. The fourth-order valence-electron chi connectivity index (χ4n) is 3.08. The zero-order chi connectivity index (χ0) is 15.4. The highest BCUT2D eigenvalue weighted by atomic mass is 16.5. The van der Waals surface area contributed by atoms with E-state index in [1.54, 1.807) is 7.11 Å². The number of ether oxygens (including phenoxy) is 1. The first-order chi connectivity index (χ1) is 10.8. The van der Waals surface area contributed by atoms with Crippen LogP contribution in [0.2, 0.25) is 0 Å². The second-order valence-electron chi connectivity index (χ2n) is 5.78. The number of likely N-dealkylation sites (tertiary alicyclic amines) is 1. The molecule has 22 heavy (non-hydrogen) atoms. The molecule has 0 aliphatic carbocycles. The average molecular weight is 301 g/mol. The van der Waals surface area contributed by atoms with E-state index in [1.165, 1.54) is 18.4 Å². The third-order valence-corrected chi connectivity index (χ3v) is 4.27. The van der Waals surface area contributed by atoms with Crippen LogP contribution in [0, 0.1) is 0 Å². The quantitative estimate of drug-likeness (QED) is 0.821. The maximum atomic E-state index is 5.33. The summed E-state index contributed by atoms with van der Waals surface area (Å²) in [7, 11) is 1.71. The Bertz CT molecular complexity index is 611. The Labute approximate surface area is 131 Å². The Hall–Kier alpha value is -1.88. The molecular weight excluding hydrogens is 278 g/mol. The second-order valence-corrected chi connectivity index (χ2v) is 5.78. The van der Waals surface area contributed by atoms with E-state index in [9.17, 15) is 0 Å². The fourth-order valence-corrected chi connectivity index (χ4v) is 3.08. The molecule has 0 saturated carbocycles. The van der Waals surface area contributed by atoms with Gasteiger partial charge in [-0.1, -0.05) is 24.2 Å². The lowest BCUT2D eigenvalue weighted by Gasteiger charge is -2.23. The lowest BCUT2D eigenvalue weighted by Crippen LogP contribution is -2.30. The van der Waals surface area contributed by atoms with Crippen LogP contribution in [0.15, 0.2) is 28.8 Å². The molecule has 0 radical (unpaired) electrons. The molecule has 2 aromatic rings. The smallest absolute Gasteiger partial charge is 0.240 e. The van der Waals surface area contributed by atoms with E-state index in [2.05, 4.69) is 33.2 Å². The van der Waals surface area contributed by atoms with Gasteiger partial charge < -0.3 is 9.26 Å². The minimum Gasteiger partial charge on any atom is -0.497 e. The maximum Gasteiger partial charge on any atom is 0.240 e. The Kier molecular flexibility index (Phi) is 4.73. The van der Waals surface area contributed by atoms with E-state index in [0.29, 0.717) is 6.04 Å². The number of benzene rings is 1. The molecule has 1 fully saturated rings. The maximum absolute atomic E-state index is 5.33. The van der Waals surface area contributed by atoms with Gasteiger partial charge in [0.25, 0.3) is 0 Å². The van der Waals surface area contributed by atoms with Gasteiger partial charge >= 0.3 is 0 Å². The van der Waals surface area contributed by atoms with Gasteiger partial charge in [0, 0.05) is 12.5 Å². The van der Waals surface area contributed by atoms with Crippen LogP contribution in [0.3, 0.4) is 0 Å². The summed E-state index contributed by atoms with van der Waals surface area (Å²) in [5.41, 5.74) is 1.32. The number of aryl methyl sites for hydroxylation is 1. The van der Waals surface area contributed by atoms with Crippen LogP contribution in [-0.4, -0.2) is 34.7 Å². The Morgan fingerprint density at radius 3 is 3.09 bits per heavy atom. The minimum atomic E-state index is 0.532. The van der Waals surface area contributed by atoms with Gasteiger partial charge in [0.1, 0.15) is 5.75 Å². The lowest BCUT2D eigenvalue weighted by molar-refractivity contribution is 0.209. The Morgan fingerprint density at radius 1 is 1.41 bits per heavy atom. The number of nitrogens with zero attached hydrogens (tertiary/aromatic N) is 3. The molecule has 118 valence electrons. The number of rotatable bonds is 6. The van der Waals surface area contributed by atoms with Crippen LogP contribution in [0.5, 0.6) is 5.75 Å². The highest BCUT2D eigenvalue weighted by molar-refractivity contribution is 5.29. The molecule has 0 spiro atoms. The summed E-state index contributed by atoms with van der Waals surface area (Å²) in [6, 6.07) is 8.86. The third kappa shape index (κ3) is 3.47. The van der Waals surface area contributed by atoms with E-state index in [1.807, 2.05) is 13.0 Å². The summed E-state index contributed by atoms with van der Waals surface area (Å²) in [5, 5.41) is 3.98. The summed E-state index contributed by atoms with van der Waals surface area (Å²) in [5.74, 6) is 2.44. The van der Waals surface area contributed by atoms with E-state index < -0.39 is 0 Å². The van der Waals surface area contributed by atoms with Gasteiger partial charge in [-0.15, -0.1) is 0 Å². The Balaban J connectivity index is 1.64. The van der Waals surface area contributed by atoms with Crippen molar-refractivity contribution in [3.63, 3.8) is 0 Å². The van der Waals surface area contributed by atoms with Gasteiger partial charge in [-0.3, -0.25) is 4.90 Å². The van der Waals surface area contributed by atoms with Gasteiger partial charge in [-0.2, -0.15) is 4.98 Å². The molecule has 0 bridgehead atoms. The van der Waals surface area contributed by atoms with Crippen LogP contribution >= 0.6 is 0 Å². The Morgan fingerprint density at radius 2 is 2.32 bits per heavy atom. The molecule has 3 rings (SSSR count). The molecule has 5 nitrogen and oxygen atoms in total. The van der Waals surface area contributed by atoms with Crippen molar-refractivity contribution in [2.24, 2.45) is 0 Å². The van der Waals surface area contributed by atoms with Crippen molar-refractivity contribution < 1.29 is 9.26 Å². The van der Waals surface area contributed by atoms with Crippen LogP contribution in [0.1, 0.15) is 37.0 Å². The predicted octanol–water partition coefficient (Wildman–Crippen LogP) is 2.85. The van der Waals surface area contributed by atoms with Gasteiger partial charge in [0.15, 0.2) is 5.82 Å². The number of methoxy groups -OCH3 is 1. The first kappa shape index (κ1) is 15.0. The standard InChI is InChI=1S/C17H23N3O2/c1-3-16-18-17(22-19-16)12-20-9-5-7-14(20)10-13-6-4-8-15(11-13)21-2/h4,6,8,11,14H,3,5,7,9-10,12H2,1-2H3/t14-/m0/s1. The normalized spacial score (nSPS) is 18.7. The first-order valence-electron chi connectivity index (χ1n) is 7.97. The predicted molar refractivity (Wildman–Crippen MR) is 83.8 cm³/mol. The van der Waals surface area contributed by atoms with Gasteiger partial charge in [-0.05, 0) is 43.5 Å². The van der Waals surface area contributed by atoms with Crippen molar-refractivity contribution in [2.75, 3.05) is 13.7 Å². The lowest BCUT2D eigenvalue weighted by atomic mass is 10.0. The number of hydrogen-bond acceptors (Lipinski definition) is 5. The van der Waals surface area contributed by atoms with Crippen molar-refractivity contribution in [1.29, 1.82) is 0 Å². The highest BCUT2D eigenvalue weighted by Crippen LogP contribution is 2.24. The van der Waals surface area contributed by atoms with E-state index >= 15 is 0 Å². The van der Waals surface area contributed by atoms with Gasteiger partial charge in [0.05, 0.1) is 13.7 Å². The third-order valence-electron chi connectivity index (χ3n) is 4.27. The molecule has 0 amide bonds. The minimum absolute atomic E-state index is 0.532. The largest absolute Gasteiger partial charge is 0.497 e. The van der Waals surface area contributed by atoms with Gasteiger partial charge in [-0.25, -0.2) is 0 Å². The van der Waals surface area contributed by atoms with Gasteiger partial charge in [0.2, 0.25) is 5.89 Å². The van der Waals surface area contributed by atoms with Crippen molar-refractivity contribution in [3.05, 3.63) is 41.5 Å². The van der Waals surface area contributed by atoms with Crippen molar-refractivity contribution in [2.45, 2.75) is 45.2 Å². The molecule has 0 N–H and O–H groups in total. The zero-order valence-electron chi connectivity index (χ0n) is 13.3. The fraction of sp³-hybridized carbons (Fsp3) is 0.529. The molecule has 1 saturated heterocycles. The number of hydrogen-bond donors (Lipinski definition) is 0. The highest BCUT2D eigenvalue weighted by Gasteiger charge is 2.26. The molecule has 1 aliphatic rings. The van der Waals surface area contributed by atoms with Crippen LogP contribution < -0.4 is 4.74 Å². The van der Waals surface area contributed by atoms with Crippen LogP contribution in [0.25, 0.3) is 0 Å². The van der Waals surface area contributed by atoms with Crippen molar-refractivity contribution in [3.8, 4) is 5.75 Å². The topological polar surface area (TPSA) is 51.4 Å². The average Bonchev–Trinajstić information content (AvgIpc) is 3.18. The molecule has 0 unspecified atom stereocenters. The molecule has 1 aromatic carbocycles. The van der Waals surface area contributed by atoms with E-state index in [-0.39, 0.29) is 0 Å². The van der Waals surface area contributed by atoms with Crippen molar-refractivity contribution in [1.82, 2.24) is 15.0 Å². The van der Waals surface area contributed by atoms with E-state index in [4.69, 9.17) is 9.26 Å². The zero-order valence-corrected chi connectivity index (χ0v) is 13.3. The molecular formula is C17H23N3O2. The summed E-state index contributed by atoms with van der Waals surface area (Å²) >= 11 is 0. The summed E-state index contributed by atoms with van der Waals surface area (Å²) in [6.07, 6.45) is 4.29. The first-order valence-corrected chi connectivity index (χ1v) is 7.97. The van der Waals surface area contributed by atoms with Crippen molar-refractivity contribution >= 4 is 0 Å². The molecule has 2 heterocycles. The van der Waals surface area contributed by atoms with Crippen LogP contribution in [-0.2, 0) is 19.4 Å². The monoisotopic (exact) mass is 301 g/mol. The SMILES string of the molecule is CCc1noc(CN2CCC[C@H]2Cc2cccc(OC)c2)n1. The molecule has 1 aromatic heterocycles. The number of aromatic nitrogens is 2. The second kappa shape index (κ2) is 6.92. The molecule has 1 atom stereocenters. The summed E-state index contributed by atoms with van der Waals surface area (Å²) in [6.45, 7) is 3.89.